The lowest BCUT2D eigenvalue weighted by Crippen LogP contribution is -2.31. The number of esters is 1. The largest absolute Gasteiger partial charge is 0.509 e. The van der Waals surface area contributed by atoms with E-state index in [0.717, 1.165) is 7.11 Å². The van der Waals surface area contributed by atoms with Crippen LogP contribution >= 0.6 is 0 Å². The lowest BCUT2D eigenvalue weighted by molar-refractivity contribution is -0.137. The monoisotopic (exact) mass is 251 g/mol. The van der Waals surface area contributed by atoms with Crippen LogP contribution in [0.3, 0.4) is 0 Å². The Bertz CT molecular complexity index is 532. The van der Waals surface area contributed by atoms with Crippen LogP contribution in [0, 0.1) is 0 Å². The normalized spacial score (nSPS) is 19.0. The summed E-state index contributed by atoms with van der Waals surface area (Å²) >= 11 is 0. The Morgan fingerprint density at radius 3 is 2.94 bits per heavy atom. The van der Waals surface area contributed by atoms with Gasteiger partial charge in [-0.15, -0.1) is 0 Å². The van der Waals surface area contributed by atoms with E-state index in [-0.39, 0.29) is 11.3 Å². The minimum Gasteiger partial charge on any atom is -0.509 e. The van der Waals surface area contributed by atoms with Crippen LogP contribution in [0.15, 0.2) is 23.9 Å². The fourth-order valence-electron chi connectivity index (χ4n) is 1.82. The number of imidazole rings is 1. The molecular weight excluding hydrogens is 238 g/mol. The molecule has 7 nitrogen and oxygen atoms in total. The SMILES string of the molecule is COC(=O)C1=C(O)C(Cc2cn(C)cn2)NC1=O. The van der Waals surface area contributed by atoms with Crippen LogP contribution < -0.4 is 5.32 Å². The average Bonchev–Trinajstić information content (AvgIpc) is 2.84. The highest BCUT2D eigenvalue weighted by molar-refractivity contribution is 6.18. The Morgan fingerprint density at radius 2 is 2.39 bits per heavy atom. The molecule has 1 unspecified atom stereocenters. The number of nitrogens with zero attached hydrogens (tertiary/aromatic N) is 2. The molecule has 0 radical (unpaired) electrons. The number of ether oxygens (including phenoxy) is 1. The van der Waals surface area contributed by atoms with E-state index >= 15 is 0 Å². The second-order valence-corrected chi connectivity index (χ2v) is 4.01. The first kappa shape index (κ1) is 12.2. The standard InChI is InChI=1S/C11H13N3O4/c1-14-4-6(12-5-14)3-7-9(15)8(10(16)13-7)11(17)18-2/h4-5,7,15H,3H2,1-2H3,(H,13,16). The van der Waals surface area contributed by atoms with Crippen molar-refractivity contribution in [1.29, 1.82) is 0 Å². The summed E-state index contributed by atoms with van der Waals surface area (Å²) in [5.74, 6) is -1.76. The molecule has 0 aromatic carbocycles. The summed E-state index contributed by atoms with van der Waals surface area (Å²) in [6.07, 6.45) is 3.71. The van der Waals surface area contributed by atoms with Crippen molar-refractivity contribution in [2.45, 2.75) is 12.5 Å². The van der Waals surface area contributed by atoms with Crippen molar-refractivity contribution in [2.75, 3.05) is 7.11 Å². The van der Waals surface area contributed by atoms with Crippen molar-refractivity contribution in [1.82, 2.24) is 14.9 Å². The third-order valence-electron chi connectivity index (χ3n) is 2.68. The second-order valence-electron chi connectivity index (χ2n) is 4.01. The number of hydrogen-bond acceptors (Lipinski definition) is 5. The number of aryl methyl sites for hydroxylation is 1. The lowest BCUT2D eigenvalue weighted by atomic mass is 10.1. The number of carbonyl (C=O) groups is 2. The molecule has 0 bridgehead atoms. The maximum absolute atomic E-state index is 11.5. The quantitative estimate of drug-likeness (QED) is 0.555. The third-order valence-corrected chi connectivity index (χ3v) is 2.68. The molecule has 0 saturated carbocycles. The molecule has 0 saturated heterocycles. The first-order chi connectivity index (χ1) is 8.52. The minimum atomic E-state index is -0.839. The van der Waals surface area contributed by atoms with Crippen molar-refractivity contribution < 1.29 is 19.4 Å². The number of hydrogen-bond donors (Lipinski definition) is 2. The molecule has 2 rings (SSSR count). The Labute approximate surface area is 103 Å². The fourth-order valence-corrected chi connectivity index (χ4v) is 1.82. The summed E-state index contributed by atoms with van der Waals surface area (Å²) in [5.41, 5.74) is 0.374. The Kier molecular flexibility index (Phi) is 3.05. The van der Waals surface area contributed by atoms with Crippen LogP contribution in [-0.4, -0.2) is 39.7 Å². The summed E-state index contributed by atoms with van der Waals surface area (Å²) in [7, 11) is 2.97. The zero-order valence-electron chi connectivity index (χ0n) is 10.0. The van der Waals surface area contributed by atoms with E-state index < -0.39 is 17.9 Å². The van der Waals surface area contributed by atoms with E-state index in [9.17, 15) is 14.7 Å². The van der Waals surface area contributed by atoms with Gasteiger partial charge in [0.1, 0.15) is 5.76 Å². The van der Waals surface area contributed by atoms with Crippen molar-refractivity contribution in [3.63, 3.8) is 0 Å². The molecule has 18 heavy (non-hydrogen) atoms. The van der Waals surface area contributed by atoms with Crippen molar-refractivity contribution in [2.24, 2.45) is 7.05 Å². The van der Waals surface area contributed by atoms with Crippen molar-refractivity contribution in [3.05, 3.63) is 29.6 Å². The van der Waals surface area contributed by atoms with Crippen LogP contribution in [0.1, 0.15) is 5.69 Å². The molecule has 0 aliphatic carbocycles. The first-order valence-electron chi connectivity index (χ1n) is 5.32. The van der Waals surface area contributed by atoms with Gasteiger partial charge in [0.25, 0.3) is 5.91 Å². The number of rotatable bonds is 3. The van der Waals surface area contributed by atoms with Crippen molar-refractivity contribution in [3.8, 4) is 0 Å². The van der Waals surface area contributed by atoms with Gasteiger partial charge in [0.2, 0.25) is 0 Å². The van der Waals surface area contributed by atoms with Gasteiger partial charge in [0.15, 0.2) is 5.57 Å². The molecule has 1 aromatic heterocycles. The van der Waals surface area contributed by atoms with Crippen LogP contribution in [0.4, 0.5) is 0 Å². The van der Waals surface area contributed by atoms with Crippen molar-refractivity contribution >= 4 is 11.9 Å². The zero-order chi connectivity index (χ0) is 13.3. The summed E-state index contributed by atoms with van der Waals surface area (Å²) in [5, 5.41) is 12.4. The fraction of sp³-hybridized carbons (Fsp3) is 0.364. The highest BCUT2D eigenvalue weighted by atomic mass is 16.5. The van der Waals surface area contributed by atoms with E-state index in [0.29, 0.717) is 12.1 Å². The molecule has 2 N–H and O–H groups in total. The average molecular weight is 251 g/mol. The number of carbonyl (C=O) groups excluding carboxylic acids is 2. The molecule has 1 aromatic rings. The molecular formula is C11H13N3O4. The highest BCUT2D eigenvalue weighted by Gasteiger charge is 2.36. The number of nitrogens with one attached hydrogen (secondary N) is 1. The van der Waals surface area contributed by atoms with Gasteiger partial charge in [0.05, 0.1) is 25.2 Å². The van der Waals surface area contributed by atoms with Crippen LogP contribution in [0.25, 0.3) is 0 Å². The van der Waals surface area contributed by atoms with Gasteiger partial charge in [-0.05, 0) is 0 Å². The predicted molar refractivity (Wildman–Crippen MR) is 60.5 cm³/mol. The number of methoxy groups -OCH3 is 1. The van der Waals surface area contributed by atoms with Crippen LogP contribution in [0.2, 0.25) is 0 Å². The Hall–Kier alpha value is -2.31. The molecule has 1 aliphatic rings. The van der Waals surface area contributed by atoms with E-state index in [1.807, 2.05) is 7.05 Å². The molecule has 7 heteroatoms. The highest BCUT2D eigenvalue weighted by Crippen LogP contribution is 2.19. The van der Waals surface area contributed by atoms with Crippen LogP contribution in [0.5, 0.6) is 0 Å². The molecule has 0 fully saturated rings. The maximum atomic E-state index is 11.5. The summed E-state index contributed by atoms with van der Waals surface area (Å²) in [4.78, 5) is 26.9. The van der Waals surface area contributed by atoms with Gasteiger partial charge in [-0.25, -0.2) is 9.78 Å². The molecule has 0 spiro atoms. The summed E-state index contributed by atoms with van der Waals surface area (Å²) in [6.45, 7) is 0. The number of aromatic nitrogens is 2. The van der Waals surface area contributed by atoms with Gasteiger partial charge < -0.3 is 19.7 Å². The minimum absolute atomic E-state index is 0.294. The van der Waals surface area contributed by atoms with Gasteiger partial charge in [-0.2, -0.15) is 0 Å². The Morgan fingerprint density at radius 1 is 1.67 bits per heavy atom. The molecule has 96 valence electrons. The van der Waals surface area contributed by atoms with Gasteiger partial charge in [-0.3, -0.25) is 4.79 Å². The third kappa shape index (κ3) is 2.06. The van der Waals surface area contributed by atoms with E-state index in [2.05, 4.69) is 15.0 Å². The summed E-state index contributed by atoms with van der Waals surface area (Å²) in [6, 6.07) is -0.638. The van der Waals surface area contributed by atoms with Gasteiger partial charge in [0, 0.05) is 19.7 Å². The number of aliphatic hydroxyl groups is 1. The molecule has 1 atom stereocenters. The van der Waals surface area contributed by atoms with Gasteiger partial charge in [-0.1, -0.05) is 0 Å². The van der Waals surface area contributed by atoms with E-state index in [1.165, 1.54) is 0 Å². The van der Waals surface area contributed by atoms with E-state index in [4.69, 9.17) is 0 Å². The lowest BCUT2D eigenvalue weighted by Gasteiger charge is -2.08. The Balaban J connectivity index is 2.19. The van der Waals surface area contributed by atoms with Gasteiger partial charge >= 0.3 is 5.97 Å². The number of amides is 1. The molecule has 1 aliphatic heterocycles. The second kappa shape index (κ2) is 4.52. The first-order valence-corrected chi connectivity index (χ1v) is 5.32. The topological polar surface area (TPSA) is 93.4 Å². The predicted octanol–water partition coefficient (Wildman–Crippen LogP) is -0.554. The smallest absolute Gasteiger partial charge is 0.347 e. The summed E-state index contributed by atoms with van der Waals surface area (Å²) < 4.78 is 6.20. The molecule has 1 amide bonds. The number of aliphatic hydroxyl groups excluding tert-OH is 1. The van der Waals surface area contributed by atoms with Crippen LogP contribution in [-0.2, 0) is 27.8 Å². The zero-order valence-corrected chi connectivity index (χ0v) is 10.0. The maximum Gasteiger partial charge on any atom is 0.347 e. The van der Waals surface area contributed by atoms with E-state index in [1.54, 1.807) is 17.1 Å². The molecule has 2 heterocycles.